The second kappa shape index (κ2) is 9.39. The van der Waals surface area contributed by atoms with E-state index in [0.29, 0.717) is 18.0 Å². The number of rotatable bonds is 7. The minimum atomic E-state index is -0.229. The number of nitrogens with one attached hydrogen (secondary N) is 1. The lowest BCUT2D eigenvalue weighted by atomic mass is 10.2. The third-order valence-electron chi connectivity index (χ3n) is 3.85. The number of hydrogen-bond acceptors (Lipinski definition) is 4. The Hall–Kier alpha value is -1.57. The van der Waals surface area contributed by atoms with Crippen molar-refractivity contribution >= 4 is 43.5 Å². The number of carbonyl (C=O) groups is 1. The Labute approximate surface area is 169 Å². The molecule has 1 aliphatic heterocycles. The highest BCUT2D eigenvalue weighted by Gasteiger charge is 2.16. The van der Waals surface area contributed by atoms with E-state index in [-0.39, 0.29) is 18.6 Å². The van der Waals surface area contributed by atoms with Gasteiger partial charge < -0.3 is 19.5 Å². The number of anilines is 1. The first-order chi connectivity index (χ1) is 12.6. The number of hydrogen-bond donors (Lipinski definition) is 1. The van der Waals surface area contributed by atoms with Crippen molar-refractivity contribution in [3.05, 3.63) is 51.4 Å². The number of amides is 1. The molecule has 0 radical (unpaired) electrons. The van der Waals surface area contributed by atoms with Crippen molar-refractivity contribution in [1.29, 1.82) is 0 Å². The van der Waals surface area contributed by atoms with Crippen LogP contribution in [0.2, 0.25) is 0 Å². The SMILES string of the molecule is O=C(COc1ccc(Br)cc1Br)Nc1ccc(OCC2CCCO2)cc1. The Kier molecular flexibility index (Phi) is 6.93. The second-order valence-electron chi connectivity index (χ2n) is 5.88. The zero-order valence-corrected chi connectivity index (χ0v) is 17.2. The van der Waals surface area contributed by atoms with Crippen LogP contribution >= 0.6 is 31.9 Å². The Morgan fingerprint density at radius 3 is 2.65 bits per heavy atom. The molecule has 0 saturated carbocycles. The number of halogens is 2. The molecule has 1 aliphatic rings. The van der Waals surface area contributed by atoms with Crippen molar-refractivity contribution in [1.82, 2.24) is 0 Å². The van der Waals surface area contributed by atoms with Gasteiger partial charge in [-0.15, -0.1) is 0 Å². The third kappa shape index (κ3) is 5.72. The first-order valence-corrected chi connectivity index (χ1v) is 9.91. The van der Waals surface area contributed by atoms with E-state index in [2.05, 4.69) is 37.2 Å². The summed E-state index contributed by atoms with van der Waals surface area (Å²) in [5, 5.41) is 2.80. The highest BCUT2D eigenvalue weighted by Crippen LogP contribution is 2.28. The molecule has 5 nitrogen and oxygen atoms in total. The minimum absolute atomic E-state index is 0.0719. The average molecular weight is 485 g/mol. The van der Waals surface area contributed by atoms with Crippen molar-refractivity contribution in [2.24, 2.45) is 0 Å². The van der Waals surface area contributed by atoms with E-state index >= 15 is 0 Å². The van der Waals surface area contributed by atoms with E-state index in [1.54, 1.807) is 18.2 Å². The zero-order chi connectivity index (χ0) is 18.4. The highest BCUT2D eigenvalue weighted by molar-refractivity contribution is 9.11. The molecule has 0 spiro atoms. The quantitative estimate of drug-likeness (QED) is 0.614. The first kappa shape index (κ1) is 19.2. The molecule has 1 saturated heterocycles. The molecule has 1 amide bonds. The van der Waals surface area contributed by atoms with Gasteiger partial charge in [0.1, 0.15) is 18.1 Å². The molecule has 1 N–H and O–H groups in total. The Bertz CT molecular complexity index is 746. The Balaban J connectivity index is 1.44. The third-order valence-corrected chi connectivity index (χ3v) is 4.96. The molecule has 1 heterocycles. The maximum Gasteiger partial charge on any atom is 0.262 e. The summed E-state index contributed by atoms with van der Waals surface area (Å²) in [5.41, 5.74) is 0.693. The molecular weight excluding hydrogens is 466 g/mol. The molecule has 2 aromatic carbocycles. The fraction of sp³-hybridized carbons (Fsp3) is 0.316. The number of carbonyl (C=O) groups excluding carboxylic acids is 1. The number of ether oxygens (including phenoxy) is 3. The van der Waals surface area contributed by atoms with Crippen LogP contribution in [-0.2, 0) is 9.53 Å². The van der Waals surface area contributed by atoms with Crippen molar-refractivity contribution in [2.45, 2.75) is 18.9 Å². The summed E-state index contributed by atoms with van der Waals surface area (Å²) in [6.07, 6.45) is 2.32. The summed E-state index contributed by atoms with van der Waals surface area (Å²) in [4.78, 5) is 12.0. The van der Waals surface area contributed by atoms with Gasteiger partial charge in [0.05, 0.1) is 10.6 Å². The summed E-state index contributed by atoms with van der Waals surface area (Å²) >= 11 is 6.78. The molecule has 138 valence electrons. The summed E-state index contributed by atoms with van der Waals surface area (Å²) in [5.74, 6) is 1.14. The van der Waals surface area contributed by atoms with Gasteiger partial charge in [0.2, 0.25) is 0 Å². The van der Waals surface area contributed by atoms with Gasteiger partial charge in [-0.2, -0.15) is 0 Å². The maximum atomic E-state index is 12.0. The Morgan fingerprint density at radius 2 is 1.96 bits per heavy atom. The molecule has 26 heavy (non-hydrogen) atoms. The predicted octanol–water partition coefficient (Wildman–Crippen LogP) is 4.79. The van der Waals surface area contributed by atoms with Crippen LogP contribution in [0.25, 0.3) is 0 Å². The van der Waals surface area contributed by atoms with Crippen LogP contribution in [-0.4, -0.2) is 31.8 Å². The number of benzene rings is 2. The van der Waals surface area contributed by atoms with Gasteiger partial charge in [-0.1, -0.05) is 15.9 Å². The lowest BCUT2D eigenvalue weighted by Gasteiger charge is -2.12. The van der Waals surface area contributed by atoms with Crippen molar-refractivity contribution < 1.29 is 19.0 Å². The van der Waals surface area contributed by atoms with E-state index in [1.165, 1.54) is 0 Å². The van der Waals surface area contributed by atoms with Crippen LogP contribution < -0.4 is 14.8 Å². The fourth-order valence-corrected chi connectivity index (χ4v) is 3.69. The van der Waals surface area contributed by atoms with Gasteiger partial charge in [-0.25, -0.2) is 0 Å². The Morgan fingerprint density at radius 1 is 1.15 bits per heavy atom. The molecule has 0 bridgehead atoms. The summed E-state index contributed by atoms with van der Waals surface area (Å²) in [6, 6.07) is 12.8. The first-order valence-electron chi connectivity index (χ1n) is 8.32. The molecule has 0 aromatic heterocycles. The van der Waals surface area contributed by atoms with E-state index in [0.717, 1.165) is 34.1 Å². The second-order valence-corrected chi connectivity index (χ2v) is 7.65. The van der Waals surface area contributed by atoms with Gasteiger partial charge in [-0.05, 0) is 71.2 Å². The van der Waals surface area contributed by atoms with Crippen molar-refractivity contribution in [3.8, 4) is 11.5 Å². The summed E-state index contributed by atoms with van der Waals surface area (Å²) < 4.78 is 18.5. The average Bonchev–Trinajstić information content (AvgIpc) is 3.14. The van der Waals surface area contributed by atoms with Crippen LogP contribution in [0.15, 0.2) is 51.4 Å². The van der Waals surface area contributed by atoms with Gasteiger partial charge >= 0.3 is 0 Å². The normalized spacial score (nSPS) is 16.3. The van der Waals surface area contributed by atoms with E-state index in [4.69, 9.17) is 14.2 Å². The maximum absolute atomic E-state index is 12.0. The lowest BCUT2D eigenvalue weighted by Crippen LogP contribution is -2.20. The molecule has 0 aliphatic carbocycles. The minimum Gasteiger partial charge on any atom is -0.491 e. The monoisotopic (exact) mass is 483 g/mol. The van der Waals surface area contributed by atoms with Gasteiger partial charge in [-0.3, -0.25) is 4.79 Å². The van der Waals surface area contributed by atoms with Crippen LogP contribution in [0.3, 0.4) is 0 Å². The van der Waals surface area contributed by atoms with E-state index in [9.17, 15) is 4.79 Å². The van der Waals surface area contributed by atoms with E-state index < -0.39 is 0 Å². The van der Waals surface area contributed by atoms with Gasteiger partial charge in [0.15, 0.2) is 6.61 Å². The molecule has 3 rings (SSSR count). The molecular formula is C19H19Br2NO4. The summed E-state index contributed by atoms with van der Waals surface area (Å²) in [7, 11) is 0. The molecule has 1 atom stereocenters. The standard InChI is InChI=1S/C19H19Br2NO4/c20-13-3-8-18(17(21)10-13)26-12-19(23)22-14-4-6-15(7-5-14)25-11-16-2-1-9-24-16/h3-8,10,16H,1-2,9,11-12H2,(H,22,23). The molecule has 7 heteroatoms. The molecule has 1 unspecified atom stereocenters. The summed E-state index contributed by atoms with van der Waals surface area (Å²) in [6.45, 7) is 1.30. The van der Waals surface area contributed by atoms with Gasteiger partial charge in [0, 0.05) is 16.8 Å². The lowest BCUT2D eigenvalue weighted by molar-refractivity contribution is -0.118. The smallest absolute Gasteiger partial charge is 0.262 e. The highest BCUT2D eigenvalue weighted by atomic mass is 79.9. The van der Waals surface area contributed by atoms with Crippen LogP contribution in [0.1, 0.15) is 12.8 Å². The van der Waals surface area contributed by atoms with Gasteiger partial charge in [0.25, 0.3) is 5.91 Å². The largest absolute Gasteiger partial charge is 0.491 e. The van der Waals surface area contributed by atoms with Crippen LogP contribution in [0.5, 0.6) is 11.5 Å². The van der Waals surface area contributed by atoms with E-state index in [1.807, 2.05) is 24.3 Å². The molecule has 1 fully saturated rings. The van der Waals surface area contributed by atoms with Crippen molar-refractivity contribution in [3.63, 3.8) is 0 Å². The fourth-order valence-electron chi connectivity index (χ4n) is 2.53. The van der Waals surface area contributed by atoms with Crippen LogP contribution in [0.4, 0.5) is 5.69 Å². The molecule has 2 aromatic rings. The zero-order valence-electron chi connectivity index (χ0n) is 14.0. The topological polar surface area (TPSA) is 56.8 Å². The predicted molar refractivity (Wildman–Crippen MR) is 107 cm³/mol. The van der Waals surface area contributed by atoms with Crippen LogP contribution in [0, 0.1) is 0 Å². The van der Waals surface area contributed by atoms with Crippen molar-refractivity contribution in [2.75, 3.05) is 25.1 Å².